The van der Waals surface area contributed by atoms with E-state index in [9.17, 15) is 9.90 Å². The number of rotatable bonds is 5. The van der Waals surface area contributed by atoms with E-state index in [1.165, 1.54) is 0 Å². The number of hydrogen-bond donors (Lipinski definition) is 1. The Morgan fingerprint density at radius 1 is 1.44 bits per heavy atom. The van der Waals surface area contributed by atoms with Crippen LogP contribution < -0.4 is 0 Å². The number of ether oxygens (including phenoxy) is 1. The van der Waals surface area contributed by atoms with Crippen molar-refractivity contribution in [3.8, 4) is 0 Å². The number of carboxylic acid groups (broad SMARTS) is 1. The summed E-state index contributed by atoms with van der Waals surface area (Å²) in [5.74, 6) is -0.178. The molecule has 0 aliphatic carbocycles. The maximum Gasteiger partial charge on any atom is 0.336 e. The van der Waals surface area contributed by atoms with Gasteiger partial charge in [-0.1, -0.05) is 13.8 Å². The normalized spacial score (nSPS) is 21.2. The van der Waals surface area contributed by atoms with E-state index >= 15 is 0 Å². The van der Waals surface area contributed by atoms with Gasteiger partial charge in [0.25, 0.3) is 0 Å². The molecule has 1 aliphatic heterocycles. The Labute approximate surface area is 97.6 Å². The van der Waals surface area contributed by atoms with E-state index in [0.717, 1.165) is 19.6 Å². The van der Waals surface area contributed by atoms with Gasteiger partial charge in [-0.2, -0.15) is 0 Å². The van der Waals surface area contributed by atoms with Gasteiger partial charge in [0.1, 0.15) is 0 Å². The van der Waals surface area contributed by atoms with Crippen LogP contribution in [0.5, 0.6) is 0 Å². The summed E-state index contributed by atoms with van der Waals surface area (Å²) >= 11 is 0. The minimum Gasteiger partial charge on any atom is -0.479 e. The number of piperidine rings is 1. The predicted molar refractivity (Wildman–Crippen MR) is 62.5 cm³/mol. The van der Waals surface area contributed by atoms with Gasteiger partial charge in [-0.15, -0.1) is 0 Å². The molecule has 16 heavy (non-hydrogen) atoms. The average Bonchev–Trinajstić information content (AvgIpc) is 2.20. The zero-order valence-electron chi connectivity index (χ0n) is 10.5. The third-order valence-corrected chi connectivity index (χ3v) is 3.10. The Bertz CT molecular complexity index is 232. The fraction of sp³-hybridized carbons (Fsp3) is 0.917. The highest BCUT2D eigenvalue weighted by molar-refractivity contribution is 5.77. The summed E-state index contributed by atoms with van der Waals surface area (Å²) in [5, 5.41) is 9.24. The van der Waals surface area contributed by atoms with Crippen molar-refractivity contribution in [3.05, 3.63) is 0 Å². The molecule has 4 heteroatoms. The first-order valence-electron chi connectivity index (χ1n) is 6.10. The molecule has 0 aromatic carbocycles. The first-order valence-corrected chi connectivity index (χ1v) is 6.10. The number of hydrogen-bond acceptors (Lipinski definition) is 3. The second-order valence-corrected chi connectivity index (χ2v) is 4.93. The van der Waals surface area contributed by atoms with Crippen LogP contribution in [0.2, 0.25) is 0 Å². The van der Waals surface area contributed by atoms with Crippen molar-refractivity contribution in [2.45, 2.75) is 39.2 Å². The summed E-state index contributed by atoms with van der Waals surface area (Å²) in [6, 6.07) is 0. The Balaban J connectivity index is 2.52. The molecule has 0 aromatic heterocycles. The Hall–Kier alpha value is -0.610. The molecule has 94 valence electrons. The topological polar surface area (TPSA) is 49.8 Å². The lowest BCUT2D eigenvalue weighted by molar-refractivity contribution is -0.172. The van der Waals surface area contributed by atoms with Gasteiger partial charge in [0.15, 0.2) is 5.60 Å². The van der Waals surface area contributed by atoms with E-state index in [2.05, 4.69) is 18.7 Å². The fourth-order valence-corrected chi connectivity index (χ4v) is 2.31. The lowest BCUT2D eigenvalue weighted by atomic mass is 9.90. The highest BCUT2D eigenvalue weighted by Crippen LogP contribution is 2.27. The molecule has 4 nitrogen and oxygen atoms in total. The molecule has 0 aromatic rings. The third kappa shape index (κ3) is 3.19. The van der Waals surface area contributed by atoms with Crippen LogP contribution in [0.15, 0.2) is 0 Å². The van der Waals surface area contributed by atoms with E-state index in [0.29, 0.717) is 25.4 Å². The van der Waals surface area contributed by atoms with Crippen LogP contribution in [0, 0.1) is 5.92 Å². The van der Waals surface area contributed by atoms with Gasteiger partial charge in [0.05, 0.1) is 0 Å². The summed E-state index contributed by atoms with van der Waals surface area (Å²) in [7, 11) is 0. The quantitative estimate of drug-likeness (QED) is 0.778. The van der Waals surface area contributed by atoms with Crippen LogP contribution in [-0.4, -0.2) is 47.8 Å². The first kappa shape index (κ1) is 13.5. The molecule has 1 fully saturated rings. The molecule has 1 aliphatic rings. The number of carbonyl (C=O) groups is 1. The lowest BCUT2D eigenvalue weighted by Gasteiger charge is -2.39. The van der Waals surface area contributed by atoms with Crippen molar-refractivity contribution in [1.29, 1.82) is 0 Å². The van der Waals surface area contributed by atoms with Crippen LogP contribution >= 0.6 is 0 Å². The highest BCUT2D eigenvalue weighted by atomic mass is 16.5. The largest absolute Gasteiger partial charge is 0.479 e. The van der Waals surface area contributed by atoms with Crippen molar-refractivity contribution in [1.82, 2.24) is 4.90 Å². The number of likely N-dealkylation sites (tertiary alicyclic amines) is 1. The average molecular weight is 229 g/mol. The molecule has 0 unspecified atom stereocenters. The molecule has 1 N–H and O–H groups in total. The molecule has 1 saturated heterocycles. The summed E-state index contributed by atoms with van der Waals surface area (Å²) in [6.07, 6.45) is 1.20. The standard InChI is InChI=1S/C12H23NO3/c1-4-16-12(11(14)15)5-7-13(8-6-12)9-10(2)3/h10H,4-9H2,1-3H3,(H,14,15). The van der Waals surface area contributed by atoms with Gasteiger partial charge in [-0.3, -0.25) is 0 Å². The monoisotopic (exact) mass is 229 g/mol. The number of aliphatic carboxylic acids is 1. The van der Waals surface area contributed by atoms with Gasteiger partial charge in [-0.05, 0) is 25.7 Å². The van der Waals surface area contributed by atoms with Gasteiger partial charge >= 0.3 is 5.97 Å². The molecular weight excluding hydrogens is 206 g/mol. The van der Waals surface area contributed by atoms with Crippen molar-refractivity contribution >= 4 is 5.97 Å². The minimum atomic E-state index is -0.928. The molecule has 0 saturated carbocycles. The van der Waals surface area contributed by atoms with E-state index in [-0.39, 0.29) is 0 Å². The Kier molecular flexibility index (Phi) is 4.74. The van der Waals surface area contributed by atoms with Gasteiger partial charge in [0, 0.05) is 26.2 Å². The van der Waals surface area contributed by atoms with E-state index < -0.39 is 11.6 Å². The summed E-state index contributed by atoms with van der Waals surface area (Å²) in [5.41, 5.74) is -0.928. The molecule has 1 heterocycles. The second-order valence-electron chi connectivity index (χ2n) is 4.93. The van der Waals surface area contributed by atoms with E-state index in [4.69, 9.17) is 4.74 Å². The van der Waals surface area contributed by atoms with Crippen LogP contribution in [-0.2, 0) is 9.53 Å². The third-order valence-electron chi connectivity index (χ3n) is 3.10. The van der Waals surface area contributed by atoms with Crippen molar-refractivity contribution in [2.24, 2.45) is 5.92 Å². The minimum absolute atomic E-state index is 0.469. The maximum absolute atomic E-state index is 11.3. The van der Waals surface area contributed by atoms with Crippen LogP contribution in [0.3, 0.4) is 0 Å². The number of carboxylic acids is 1. The molecule has 1 rings (SSSR count). The summed E-state index contributed by atoms with van der Waals surface area (Å²) in [6.45, 7) is 9.38. The van der Waals surface area contributed by atoms with Crippen LogP contribution in [0.25, 0.3) is 0 Å². The Morgan fingerprint density at radius 2 is 2.00 bits per heavy atom. The van der Waals surface area contributed by atoms with Crippen LogP contribution in [0.4, 0.5) is 0 Å². The molecule has 0 amide bonds. The van der Waals surface area contributed by atoms with E-state index in [1.54, 1.807) is 0 Å². The maximum atomic E-state index is 11.3. The molecule has 0 radical (unpaired) electrons. The molecular formula is C12H23NO3. The van der Waals surface area contributed by atoms with Gasteiger partial charge in [-0.25, -0.2) is 4.79 Å². The van der Waals surface area contributed by atoms with Crippen molar-refractivity contribution in [3.63, 3.8) is 0 Å². The van der Waals surface area contributed by atoms with Crippen LogP contribution in [0.1, 0.15) is 33.6 Å². The smallest absolute Gasteiger partial charge is 0.336 e. The SMILES string of the molecule is CCOC1(C(=O)O)CCN(CC(C)C)CC1. The molecule has 0 spiro atoms. The van der Waals surface area contributed by atoms with Gasteiger partial charge in [0.2, 0.25) is 0 Å². The molecule has 0 bridgehead atoms. The summed E-state index contributed by atoms with van der Waals surface area (Å²) < 4.78 is 5.46. The molecule has 0 atom stereocenters. The zero-order valence-corrected chi connectivity index (χ0v) is 10.5. The van der Waals surface area contributed by atoms with Gasteiger partial charge < -0.3 is 14.7 Å². The van der Waals surface area contributed by atoms with E-state index in [1.807, 2.05) is 6.92 Å². The first-order chi connectivity index (χ1) is 7.50. The van der Waals surface area contributed by atoms with Crippen molar-refractivity contribution in [2.75, 3.05) is 26.2 Å². The Morgan fingerprint density at radius 3 is 2.38 bits per heavy atom. The van der Waals surface area contributed by atoms with Crippen molar-refractivity contribution < 1.29 is 14.6 Å². The number of nitrogens with zero attached hydrogens (tertiary/aromatic N) is 1. The lowest BCUT2D eigenvalue weighted by Crippen LogP contribution is -2.51. The summed E-state index contributed by atoms with van der Waals surface area (Å²) in [4.78, 5) is 13.6. The second kappa shape index (κ2) is 5.64. The zero-order chi connectivity index (χ0) is 12.2. The highest BCUT2D eigenvalue weighted by Gasteiger charge is 2.42. The fourth-order valence-electron chi connectivity index (χ4n) is 2.31. The predicted octanol–water partition coefficient (Wildman–Crippen LogP) is 1.60.